The molecule has 17 atom stereocenters. The SMILES string of the molecule is CC[C@@H](C)C=C(C)[C@H](O[C@@H]1O[C@H](OC)[C@@H](O)[C@H](O)[C@@H]1O)[C@@H](C)C=C(C)[C@H](O[C@@H]1O[C@H](OC)[C@@H](O)[C@H](O)[C@@H]1O)[C@@H](C)C=C(C)[C@H](O)[C@@H](C)C(=O)OC. The molecule has 2 heterocycles. The van der Waals surface area contributed by atoms with Gasteiger partial charge in [0.05, 0.1) is 31.3 Å². The first-order valence-electron chi connectivity index (χ1n) is 17.4. The average molecular weight is 735 g/mol. The molecule has 2 fully saturated rings. The van der Waals surface area contributed by atoms with Gasteiger partial charge in [-0.15, -0.1) is 0 Å². The van der Waals surface area contributed by atoms with Crippen molar-refractivity contribution in [2.45, 2.75) is 142 Å². The van der Waals surface area contributed by atoms with Crippen molar-refractivity contribution in [3.8, 4) is 0 Å². The summed E-state index contributed by atoms with van der Waals surface area (Å²) in [5, 5.41) is 74.2. The van der Waals surface area contributed by atoms with Crippen molar-refractivity contribution in [1.82, 2.24) is 0 Å². The van der Waals surface area contributed by atoms with Gasteiger partial charge < -0.3 is 68.9 Å². The molecule has 0 spiro atoms. The third-order valence-electron chi connectivity index (χ3n) is 9.69. The molecule has 0 unspecified atom stereocenters. The van der Waals surface area contributed by atoms with Gasteiger partial charge in [-0.25, -0.2) is 0 Å². The van der Waals surface area contributed by atoms with Crippen molar-refractivity contribution in [1.29, 1.82) is 0 Å². The number of allylic oxidation sites excluding steroid dienone is 1. The van der Waals surface area contributed by atoms with E-state index in [9.17, 15) is 40.5 Å². The Morgan fingerprint density at radius 3 is 1.37 bits per heavy atom. The predicted molar refractivity (Wildman–Crippen MR) is 183 cm³/mol. The largest absolute Gasteiger partial charge is 0.469 e. The molecule has 0 aromatic carbocycles. The summed E-state index contributed by atoms with van der Waals surface area (Å²) in [4.78, 5) is 12.1. The maximum atomic E-state index is 12.1. The number of carbonyl (C=O) groups is 1. The molecule has 2 saturated heterocycles. The molecule has 0 radical (unpaired) electrons. The molecule has 15 nitrogen and oxygen atoms in total. The lowest BCUT2D eigenvalue weighted by molar-refractivity contribution is -0.352. The fourth-order valence-electron chi connectivity index (χ4n) is 6.40. The van der Waals surface area contributed by atoms with Crippen LogP contribution >= 0.6 is 0 Å². The van der Waals surface area contributed by atoms with Crippen LogP contribution in [0.3, 0.4) is 0 Å². The molecule has 2 rings (SSSR count). The van der Waals surface area contributed by atoms with Crippen molar-refractivity contribution in [3.05, 3.63) is 34.9 Å². The predicted octanol–water partition coefficient (Wildman–Crippen LogP) is 0.907. The van der Waals surface area contributed by atoms with E-state index in [-0.39, 0.29) is 5.92 Å². The summed E-state index contributed by atoms with van der Waals surface area (Å²) in [7, 11) is 3.80. The first-order chi connectivity index (χ1) is 23.8. The third-order valence-corrected chi connectivity index (χ3v) is 9.69. The van der Waals surface area contributed by atoms with Gasteiger partial charge in [0.25, 0.3) is 0 Å². The lowest BCUT2D eigenvalue weighted by atomic mass is 9.88. The Morgan fingerprint density at radius 2 is 1.00 bits per heavy atom. The van der Waals surface area contributed by atoms with Crippen molar-refractivity contribution in [2.75, 3.05) is 21.3 Å². The monoisotopic (exact) mass is 734 g/mol. The summed E-state index contributed by atoms with van der Waals surface area (Å²) in [6, 6.07) is 0. The van der Waals surface area contributed by atoms with Gasteiger partial charge in [0, 0.05) is 26.1 Å². The number of methoxy groups -OCH3 is 3. The Kier molecular flexibility index (Phi) is 18.3. The molecule has 0 aliphatic carbocycles. The highest BCUT2D eigenvalue weighted by Crippen LogP contribution is 2.32. The van der Waals surface area contributed by atoms with E-state index in [1.54, 1.807) is 33.8 Å². The summed E-state index contributed by atoms with van der Waals surface area (Å²) in [6.07, 6.45) is -11.2. The van der Waals surface area contributed by atoms with Crippen LogP contribution in [-0.4, -0.2) is 143 Å². The molecule has 0 saturated carbocycles. The van der Waals surface area contributed by atoms with Crippen LogP contribution in [0.1, 0.15) is 61.8 Å². The molecule has 296 valence electrons. The summed E-state index contributed by atoms with van der Waals surface area (Å²) in [5.41, 5.74) is 1.87. The fourth-order valence-corrected chi connectivity index (χ4v) is 6.40. The standard InChI is InChI=1S/C36H62O15/c1-12-16(2)13-18(4)30(48-35-28(42)24(38)26(40)33(46-10)50-35)20(6)15-21(7)31(19(5)14-17(3)23(37)22(8)32(44)45-9)49-36-29(43)25(39)27(41)34(47-11)51-36/h13-16,19-20,22-31,33-43H,12H2,1-11H3/t16-,19+,20+,22-,23+,24+,25+,26+,27+,28+,29+,30+,31-,33+,34+,35-,36-/m1/s1. The first kappa shape index (κ1) is 45.3. The van der Waals surface area contributed by atoms with Crippen LogP contribution in [0.5, 0.6) is 0 Å². The molecule has 0 amide bonds. The van der Waals surface area contributed by atoms with Gasteiger partial charge in [-0.2, -0.15) is 0 Å². The van der Waals surface area contributed by atoms with E-state index in [0.717, 1.165) is 12.0 Å². The van der Waals surface area contributed by atoms with Gasteiger partial charge in [0.1, 0.15) is 36.6 Å². The Balaban J connectivity index is 2.58. The second-order valence-electron chi connectivity index (χ2n) is 13.9. The van der Waals surface area contributed by atoms with Crippen LogP contribution < -0.4 is 0 Å². The second kappa shape index (κ2) is 20.6. The minimum absolute atomic E-state index is 0.174. The van der Waals surface area contributed by atoms with Gasteiger partial charge in [-0.1, -0.05) is 52.3 Å². The number of hydrogen-bond donors (Lipinski definition) is 7. The normalized spacial score (nSPS) is 35.4. The maximum Gasteiger partial charge on any atom is 0.311 e. The number of ether oxygens (including phenoxy) is 7. The molecule has 2 aliphatic heterocycles. The maximum absolute atomic E-state index is 12.1. The van der Waals surface area contributed by atoms with Crippen LogP contribution in [0, 0.1) is 23.7 Å². The van der Waals surface area contributed by atoms with E-state index in [4.69, 9.17) is 33.2 Å². The second-order valence-corrected chi connectivity index (χ2v) is 13.9. The zero-order chi connectivity index (χ0) is 38.9. The van der Waals surface area contributed by atoms with Crippen molar-refractivity contribution in [2.24, 2.45) is 23.7 Å². The van der Waals surface area contributed by atoms with E-state index < -0.39 is 104 Å². The number of carbonyl (C=O) groups excluding carboxylic acids is 1. The Bertz CT molecular complexity index is 1170. The van der Waals surface area contributed by atoms with Crippen LogP contribution in [0.4, 0.5) is 0 Å². The summed E-state index contributed by atoms with van der Waals surface area (Å²) >= 11 is 0. The van der Waals surface area contributed by atoms with Crippen molar-refractivity contribution >= 4 is 5.97 Å². The number of aliphatic hydroxyl groups is 7. The van der Waals surface area contributed by atoms with Crippen molar-refractivity contribution in [3.63, 3.8) is 0 Å². The summed E-state index contributed by atoms with van der Waals surface area (Å²) < 4.78 is 39.2. The molecule has 51 heavy (non-hydrogen) atoms. The fraction of sp³-hybridized carbons (Fsp3) is 0.806. The quantitative estimate of drug-likeness (QED) is 0.0815. The van der Waals surface area contributed by atoms with Gasteiger partial charge >= 0.3 is 5.97 Å². The minimum atomic E-state index is -1.65. The van der Waals surface area contributed by atoms with Gasteiger partial charge in [0.15, 0.2) is 25.2 Å². The molecular weight excluding hydrogens is 672 g/mol. The summed E-state index contributed by atoms with van der Waals surface area (Å²) in [5.74, 6) is -2.25. The molecule has 0 aromatic heterocycles. The van der Waals surface area contributed by atoms with Gasteiger partial charge in [-0.3, -0.25) is 4.79 Å². The van der Waals surface area contributed by atoms with Crippen LogP contribution in [0.2, 0.25) is 0 Å². The zero-order valence-electron chi connectivity index (χ0n) is 31.7. The zero-order valence-corrected chi connectivity index (χ0v) is 31.7. The van der Waals surface area contributed by atoms with E-state index in [2.05, 4.69) is 0 Å². The number of esters is 1. The number of aliphatic hydroxyl groups excluding tert-OH is 7. The van der Waals surface area contributed by atoms with Gasteiger partial charge in [0.2, 0.25) is 0 Å². The molecule has 2 aliphatic rings. The van der Waals surface area contributed by atoms with Crippen LogP contribution in [0.15, 0.2) is 34.9 Å². The number of hydrogen-bond acceptors (Lipinski definition) is 15. The smallest absolute Gasteiger partial charge is 0.311 e. The lowest BCUT2D eigenvalue weighted by Gasteiger charge is -2.42. The van der Waals surface area contributed by atoms with Crippen LogP contribution in [0.25, 0.3) is 0 Å². The highest BCUT2D eigenvalue weighted by atomic mass is 16.8. The highest BCUT2D eigenvalue weighted by Gasteiger charge is 2.47. The highest BCUT2D eigenvalue weighted by molar-refractivity contribution is 5.73. The van der Waals surface area contributed by atoms with Crippen LogP contribution in [-0.2, 0) is 38.0 Å². The molecular formula is C36H62O15. The molecule has 0 aromatic rings. The Hall–Kier alpha value is -1.83. The van der Waals surface area contributed by atoms with E-state index in [0.29, 0.717) is 11.1 Å². The van der Waals surface area contributed by atoms with Gasteiger partial charge in [-0.05, 0) is 50.3 Å². The summed E-state index contributed by atoms with van der Waals surface area (Å²) in [6.45, 7) is 14.6. The lowest BCUT2D eigenvalue weighted by Crippen LogP contribution is -2.59. The first-order valence-corrected chi connectivity index (χ1v) is 17.4. The Morgan fingerprint density at radius 1 is 0.627 bits per heavy atom. The van der Waals surface area contributed by atoms with E-state index >= 15 is 0 Å². The Labute approximate surface area is 301 Å². The molecule has 15 heteroatoms. The van der Waals surface area contributed by atoms with E-state index in [1.807, 2.05) is 39.8 Å². The average Bonchev–Trinajstić information content (AvgIpc) is 3.10. The minimum Gasteiger partial charge on any atom is -0.469 e. The third kappa shape index (κ3) is 11.6. The topological polar surface area (TPSA) is 223 Å². The number of rotatable bonds is 17. The molecule has 0 bridgehead atoms. The van der Waals surface area contributed by atoms with Crippen molar-refractivity contribution < 1.29 is 73.7 Å². The van der Waals surface area contributed by atoms with E-state index in [1.165, 1.54) is 21.3 Å². The molecule has 7 N–H and O–H groups in total.